The van der Waals surface area contributed by atoms with Gasteiger partial charge in [-0.1, -0.05) is 54.6 Å². The van der Waals surface area contributed by atoms with Gasteiger partial charge in [-0.15, -0.1) is 0 Å². The second-order valence-corrected chi connectivity index (χ2v) is 7.00. The number of nitrogens with zero attached hydrogens (tertiary/aromatic N) is 1. The Bertz CT molecular complexity index is 1300. The van der Waals surface area contributed by atoms with E-state index >= 15 is 0 Å². The second-order valence-electron chi connectivity index (χ2n) is 7.00. The van der Waals surface area contributed by atoms with Gasteiger partial charge in [0.15, 0.2) is 0 Å². The monoisotopic (exact) mass is 334 g/mol. The molecule has 0 unspecified atom stereocenters. The zero-order chi connectivity index (χ0) is 17.7. The molecule has 1 heterocycles. The van der Waals surface area contributed by atoms with Crippen LogP contribution in [0.25, 0.3) is 43.7 Å². The lowest BCUT2D eigenvalue weighted by Crippen LogP contribution is -2.32. The van der Waals surface area contributed by atoms with E-state index in [0.717, 1.165) is 0 Å². The molecule has 5 aromatic rings. The Labute approximate surface area is 153 Å². The Balaban J connectivity index is 1.81. The normalized spacial score (nSPS) is 11.5. The van der Waals surface area contributed by atoms with Gasteiger partial charge in [-0.05, 0) is 52.2 Å². The Morgan fingerprint density at radius 3 is 2.08 bits per heavy atom. The summed E-state index contributed by atoms with van der Waals surface area (Å²) in [6.07, 6.45) is 0. The number of fused-ring (bicyclic) bond motifs is 3. The third kappa shape index (κ3) is 2.21. The van der Waals surface area contributed by atoms with Crippen molar-refractivity contribution in [3.63, 3.8) is 0 Å². The van der Waals surface area contributed by atoms with Gasteiger partial charge in [0.05, 0.1) is 0 Å². The van der Waals surface area contributed by atoms with Crippen molar-refractivity contribution in [2.45, 2.75) is 6.92 Å². The zero-order valence-electron chi connectivity index (χ0n) is 15.0. The van der Waals surface area contributed by atoms with Crippen molar-refractivity contribution in [1.29, 1.82) is 0 Å². The molecule has 0 aliphatic carbocycles. The lowest BCUT2D eigenvalue weighted by molar-refractivity contribution is -0.633. The maximum absolute atomic E-state index is 2.32. The molecule has 0 amide bonds. The van der Waals surface area contributed by atoms with Gasteiger partial charge >= 0.3 is 0 Å². The Morgan fingerprint density at radius 1 is 0.615 bits per heavy atom. The van der Waals surface area contributed by atoms with Gasteiger partial charge in [-0.25, -0.2) is 0 Å². The smallest absolute Gasteiger partial charge is 0.194 e. The third-order valence-electron chi connectivity index (χ3n) is 5.51. The van der Waals surface area contributed by atoms with Crippen LogP contribution in [0.1, 0.15) is 5.56 Å². The highest BCUT2D eigenvalue weighted by molar-refractivity contribution is 5.96. The highest BCUT2D eigenvalue weighted by atomic mass is 14.9. The lowest BCUT2D eigenvalue weighted by atomic mass is 9.97. The first-order valence-corrected chi connectivity index (χ1v) is 9.03. The SMILES string of the molecule is Cc1c(-c2ccc3cc4ccccc4cc3[n+]2C)ccc2ccccc12. The Kier molecular flexibility index (Phi) is 3.29. The third-order valence-corrected chi connectivity index (χ3v) is 5.51. The fraction of sp³-hybridized carbons (Fsp3) is 0.0800. The average Bonchev–Trinajstić information content (AvgIpc) is 2.68. The number of rotatable bonds is 1. The standard InChI is InChI=1S/C25H20N/c1-17-22-10-6-5-7-18(22)11-13-23(17)24-14-12-21-15-19-8-3-4-9-20(19)16-25(21)26(24)2/h3-16H,1-2H3/q+1. The van der Waals surface area contributed by atoms with E-state index in [1.807, 2.05) is 0 Å². The maximum Gasteiger partial charge on any atom is 0.213 e. The molecule has 0 atom stereocenters. The minimum Gasteiger partial charge on any atom is -0.194 e. The van der Waals surface area contributed by atoms with E-state index in [9.17, 15) is 0 Å². The van der Waals surface area contributed by atoms with E-state index in [4.69, 9.17) is 0 Å². The van der Waals surface area contributed by atoms with E-state index in [-0.39, 0.29) is 0 Å². The van der Waals surface area contributed by atoms with E-state index in [1.54, 1.807) is 0 Å². The molecule has 4 aromatic carbocycles. The minimum absolute atomic E-state index is 1.25. The van der Waals surface area contributed by atoms with Crippen LogP contribution in [0.15, 0.2) is 84.9 Å². The summed E-state index contributed by atoms with van der Waals surface area (Å²) < 4.78 is 2.32. The molecule has 0 radical (unpaired) electrons. The average molecular weight is 334 g/mol. The molecule has 0 saturated heterocycles. The predicted octanol–water partition coefficient (Wildman–Crippen LogP) is 5.95. The van der Waals surface area contributed by atoms with Crippen LogP contribution in [0.3, 0.4) is 0 Å². The summed E-state index contributed by atoms with van der Waals surface area (Å²) in [5.41, 5.74) is 5.13. The van der Waals surface area contributed by atoms with E-state index < -0.39 is 0 Å². The van der Waals surface area contributed by atoms with E-state index in [0.29, 0.717) is 0 Å². The Morgan fingerprint density at radius 2 is 1.27 bits per heavy atom. The molecular weight excluding hydrogens is 314 g/mol. The molecule has 0 N–H and O–H groups in total. The summed E-state index contributed by atoms with van der Waals surface area (Å²) in [4.78, 5) is 0. The summed E-state index contributed by atoms with van der Waals surface area (Å²) in [6, 6.07) is 30.7. The summed E-state index contributed by atoms with van der Waals surface area (Å²) in [5, 5.41) is 6.46. The van der Waals surface area contributed by atoms with Crippen molar-refractivity contribution in [3.05, 3.63) is 90.5 Å². The Hall–Kier alpha value is -3.19. The number of aromatic nitrogens is 1. The molecule has 0 saturated carbocycles. The topological polar surface area (TPSA) is 3.88 Å². The summed E-state index contributed by atoms with van der Waals surface area (Å²) in [5.74, 6) is 0. The van der Waals surface area contributed by atoms with Crippen LogP contribution in [0.5, 0.6) is 0 Å². The van der Waals surface area contributed by atoms with Crippen LogP contribution in [-0.2, 0) is 7.05 Å². The van der Waals surface area contributed by atoms with Crippen molar-refractivity contribution in [2.75, 3.05) is 0 Å². The molecule has 0 fully saturated rings. The van der Waals surface area contributed by atoms with Gasteiger partial charge in [0.2, 0.25) is 11.2 Å². The van der Waals surface area contributed by atoms with Crippen LogP contribution in [0.4, 0.5) is 0 Å². The van der Waals surface area contributed by atoms with Crippen molar-refractivity contribution in [2.24, 2.45) is 7.05 Å². The number of hydrogen-bond acceptors (Lipinski definition) is 0. The number of pyridine rings is 1. The molecule has 26 heavy (non-hydrogen) atoms. The van der Waals surface area contributed by atoms with Crippen molar-refractivity contribution in [1.82, 2.24) is 0 Å². The predicted molar refractivity (Wildman–Crippen MR) is 110 cm³/mol. The van der Waals surface area contributed by atoms with Gasteiger partial charge < -0.3 is 0 Å². The molecule has 0 aliphatic rings. The second kappa shape index (κ2) is 5.67. The first kappa shape index (κ1) is 15.1. The largest absolute Gasteiger partial charge is 0.213 e. The molecule has 1 heteroatoms. The van der Waals surface area contributed by atoms with Gasteiger partial charge in [-0.3, -0.25) is 0 Å². The lowest BCUT2D eigenvalue weighted by Gasteiger charge is -2.10. The molecule has 1 aromatic heterocycles. The summed E-state index contributed by atoms with van der Waals surface area (Å²) in [6.45, 7) is 2.22. The first-order valence-electron chi connectivity index (χ1n) is 9.03. The maximum atomic E-state index is 2.32. The van der Waals surface area contributed by atoms with Crippen molar-refractivity contribution in [3.8, 4) is 11.3 Å². The van der Waals surface area contributed by atoms with Crippen LogP contribution in [-0.4, -0.2) is 0 Å². The highest BCUT2D eigenvalue weighted by Crippen LogP contribution is 2.29. The minimum atomic E-state index is 1.25. The van der Waals surface area contributed by atoms with Crippen LogP contribution in [0.2, 0.25) is 0 Å². The van der Waals surface area contributed by atoms with Crippen LogP contribution >= 0.6 is 0 Å². The number of benzene rings is 4. The van der Waals surface area contributed by atoms with Gasteiger partial charge in [0, 0.05) is 23.1 Å². The molecule has 0 bridgehead atoms. The fourth-order valence-electron chi connectivity index (χ4n) is 4.06. The van der Waals surface area contributed by atoms with Gasteiger partial charge in [0.25, 0.3) is 0 Å². The fourth-order valence-corrected chi connectivity index (χ4v) is 4.06. The van der Waals surface area contributed by atoms with E-state index in [2.05, 4.69) is 103 Å². The molecule has 0 aliphatic heterocycles. The zero-order valence-corrected chi connectivity index (χ0v) is 15.0. The van der Waals surface area contributed by atoms with Crippen molar-refractivity contribution >= 4 is 32.4 Å². The van der Waals surface area contributed by atoms with Crippen LogP contribution in [0, 0.1) is 6.92 Å². The van der Waals surface area contributed by atoms with E-state index in [1.165, 1.54) is 49.3 Å². The molecule has 5 rings (SSSR count). The highest BCUT2D eigenvalue weighted by Gasteiger charge is 2.17. The summed E-state index contributed by atoms with van der Waals surface area (Å²) >= 11 is 0. The number of aryl methyl sites for hydroxylation is 2. The van der Waals surface area contributed by atoms with Gasteiger partial charge in [-0.2, -0.15) is 4.57 Å². The quantitative estimate of drug-likeness (QED) is 0.263. The van der Waals surface area contributed by atoms with Crippen LogP contribution < -0.4 is 4.57 Å². The molecule has 0 spiro atoms. The van der Waals surface area contributed by atoms with Gasteiger partial charge in [0.1, 0.15) is 7.05 Å². The molecular formula is C25H20N+. The van der Waals surface area contributed by atoms with Crippen molar-refractivity contribution < 1.29 is 4.57 Å². The molecule has 124 valence electrons. The first-order chi connectivity index (χ1) is 12.7. The molecule has 1 nitrogen and oxygen atoms in total. The summed E-state index contributed by atoms with van der Waals surface area (Å²) in [7, 11) is 2.17. The number of hydrogen-bond donors (Lipinski definition) is 0.